The number of hydrogen-bond donors (Lipinski definition) is 1. The zero-order chi connectivity index (χ0) is 15.2. The minimum atomic E-state index is 0.128. The van der Waals surface area contributed by atoms with Gasteiger partial charge in [0.1, 0.15) is 6.61 Å². The minimum Gasteiger partial charge on any atom is -0.493 e. The smallest absolute Gasteiger partial charge is 0.161 e. The number of hydrogen-bond acceptors (Lipinski definition) is 3. The summed E-state index contributed by atoms with van der Waals surface area (Å²) < 4.78 is 12.3. The Labute approximate surface area is 134 Å². The SMILES string of the molecule is COc1cc(CC(C)N)ccc1OCc1cccc(Br)c1. The molecule has 0 radical (unpaired) electrons. The van der Waals surface area contributed by atoms with Gasteiger partial charge in [0, 0.05) is 10.5 Å². The van der Waals surface area contributed by atoms with Crippen LogP contribution in [-0.4, -0.2) is 13.2 Å². The average Bonchev–Trinajstić information content (AvgIpc) is 2.45. The van der Waals surface area contributed by atoms with Crippen molar-refractivity contribution in [2.24, 2.45) is 5.73 Å². The maximum atomic E-state index is 5.85. The molecule has 2 rings (SSSR count). The lowest BCUT2D eigenvalue weighted by atomic mass is 10.1. The molecule has 21 heavy (non-hydrogen) atoms. The quantitative estimate of drug-likeness (QED) is 0.859. The van der Waals surface area contributed by atoms with Crippen LogP contribution < -0.4 is 15.2 Å². The van der Waals surface area contributed by atoms with Gasteiger partial charge in [-0.3, -0.25) is 0 Å². The number of benzene rings is 2. The van der Waals surface area contributed by atoms with Gasteiger partial charge in [0.25, 0.3) is 0 Å². The van der Waals surface area contributed by atoms with Crippen molar-refractivity contribution in [3.8, 4) is 11.5 Å². The molecule has 0 aromatic heterocycles. The number of nitrogens with two attached hydrogens (primary N) is 1. The Morgan fingerprint density at radius 3 is 2.57 bits per heavy atom. The molecule has 0 amide bonds. The summed E-state index contributed by atoms with van der Waals surface area (Å²) in [4.78, 5) is 0. The Bertz CT molecular complexity index is 599. The highest BCUT2D eigenvalue weighted by molar-refractivity contribution is 9.10. The van der Waals surface area contributed by atoms with E-state index in [0.717, 1.165) is 33.5 Å². The Hall–Kier alpha value is -1.52. The highest BCUT2D eigenvalue weighted by Crippen LogP contribution is 2.29. The number of methoxy groups -OCH3 is 1. The molecular formula is C17H20BrNO2. The second-order valence-corrected chi connectivity index (χ2v) is 6.00. The maximum Gasteiger partial charge on any atom is 0.161 e. The highest BCUT2D eigenvalue weighted by atomic mass is 79.9. The molecule has 3 nitrogen and oxygen atoms in total. The molecule has 0 saturated heterocycles. The molecule has 4 heteroatoms. The lowest BCUT2D eigenvalue weighted by molar-refractivity contribution is 0.284. The lowest BCUT2D eigenvalue weighted by Crippen LogP contribution is -2.17. The summed E-state index contributed by atoms with van der Waals surface area (Å²) in [7, 11) is 1.65. The summed E-state index contributed by atoms with van der Waals surface area (Å²) in [6, 6.07) is 14.1. The largest absolute Gasteiger partial charge is 0.493 e. The van der Waals surface area contributed by atoms with E-state index >= 15 is 0 Å². The second-order valence-electron chi connectivity index (χ2n) is 5.09. The average molecular weight is 350 g/mol. The van der Waals surface area contributed by atoms with Crippen molar-refractivity contribution in [2.45, 2.75) is 26.0 Å². The van der Waals surface area contributed by atoms with E-state index in [9.17, 15) is 0 Å². The van der Waals surface area contributed by atoms with Gasteiger partial charge >= 0.3 is 0 Å². The van der Waals surface area contributed by atoms with Crippen molar-refractivity contribution in [3.05, 3.63) is 58.1 Å². The van der Waals surface area contributed by atoms with Gasteiger partial charge in [-0.1, -0.05) is 34.1 Å². The summed E-state index contributed by atoms with van der Waals surface area (Å²) in [6.45, 7) is 2.49. The molecule has 0 aliphatic carbocycles. The highest BCUT2D eigenvalue weighted by Gasteiger charge is 2.07. The third-order valence-corrected chi connectivity index (χ3v) is 3.56. The van der Waals surface area contributed by atoms with Crippen molar-refractivity contribution in [2.75, 3.05) is 7.11 Å². The molecule has 0 saturated carbocycles. The molecule has 2 N–H and O–H groups in total. The molecule has 112 valence electrons. The van der Waals surface area contributed by atoms with Crippen molar-refractivity contribution in [1.82, 2.24) is 0 Å². The van der Waals surface area contributed by atoms with Crippen LogP contribution in [0.5, 0.6) is 11.5 Å². The summed E-state index contributed by atoms with van der Waals surface area (Å²) in [5, 5.41) is 0. The molecule has 2 aromatic rings. The van der Waals surface area contributed by atoms with Crippen LogP contribution in [0.25, 0.3) is 0 Å². The number of ether oxygens (including phenoxy) is 2. The Morgan fingerprint density at radius 1 is 1.10 bits per heavy atom. The van der Waals surface area contributed by atoms with Crippen LogP contribution in [0.1, 0.15) is 18.1 Å². The number of halogens is 1. The summed E-state index contributed by atoms with van der Waals surface area (Å²) in [5.41, 5.74) is 8.08. The van der Waals surface area contributed by atoms with E-state index < -0.39 is 0 Å². The van der Waals surface area contributed by atoms with Crippen LogP contribution in [0.3, 0.4) is 0 Å². The summed E-state index contributed by atoms with van der Waals surface area (Å²) in [5.74, 6) is 1.48. The van der Waals surface area contributed by atoms with E-state index in [1.807, 2.05) is 49.4 Å². The van der Waals surface area contributed by atoms with E-state index in [-0.39, 0.29) is 6.04 Å². The summed E-state index contributed by atoms with van der Waals surface area (Å²) >= 11 is 3.46. The zero-order valence-electron chi connectivity index (χ0n) is 12.3. The van der Waals surface area contributed by atoms with Crippen molar-refractivity contribution < 1.29 is 9.47 Å². The molecule has 0 aliphatic heterocycles. The first-order valence-electron chi connectivity index (χ1n) is 6.88. The van der Waals surface area contributed by atoms with Gasteiger partial charge in [-0.15, -0.1) is 0 Å². The molecule has 0 bridgehead atoms. The van der Waals surface area contributed by atoms with Crippen LogP contribution in [0.15, 0.2) is 46.9 Å². The Morgan fingerprint density at radius 2 is 1.90 bits per heavy atom. The van der Waals surface area contributed by atoms with E-state index in [4.69, 9.17) is 15.2 Å². The van der Waals surface area contributed by atoms with E-state index in [1.54, 1.807) is 7.11 Å². The lowest BCUT2D eigenvalue weighted by Gasteiger charge is -2.13. The Kier molecular flexibility index (Phi) is 5.65. The van der Waals surface area contributed by atoms with Crippen LogP contribution in [0.4, 0.5) is 0 Å². The standard InChI is InChI=1S/C17H20BrNO2/c1-12(19)8-13-6-7-16(17(10-13)20-2)21-11-14-4-3-5-15(18)9-14/h3-7,9-10,12H,8,11,19H2,1-2H3. The van der Waals surface area contributed by atoms with Crippen molar-refractivity contribution >= 4 is 15.9 Å². The van der Waals surface area contributed by atoms with Gasteiger partial charge in [-0.05, 0) is 48.7 Å². The second kappa shape index (κ2) is 7.48. The van der Waals surface area contributed by atoms with Crippen LogP contribution in [0.2, 0.25) is 0 Å². The monoisotopic (exact) mass is 349 g/mol. The normalized spacial score (nSPS) is 12.0. The maximum absolute atomic E-state index is 5.85. The predicted octanol–water partition coefficient (Wildman–Crippen LogP) is 3.93. The molecule has 1 atom stereocenters. The van der Waals surface area contributed by atoms with Gasteiger partial charge in [0.15, 0.2) is 11.5 Å². The molecule has 2 aromatic carbocycles. The van der Waals surface area contributed by atoms with Crippen LogP contribution >= 0.6 is 15.9 Å². The van der Waals surface area contributed by atoms with Crippen molar-refractivity contribution in [3.63, 3.8) is 0 Å². The van der Waals surface area contributed by atoms with E-state index in [2.05, 4.69) is 15.9 Å². The minimum absolute atomic E-state index is 0.128. The van der Waals surface area contributed by atoms with Crippen molar-refractivity contribution in [1.29, 1.82) is 0 Å². The Balaban J connectivity index is 2.09. The fourth-order valence-corrected chi connectivity index (χ4v) is 2.56. The van der Waals surface area contributed by atoms with E-state index in [0.29, 0.717) is 6.61 Å². The molecule has 1 unspecified atom stereocenters. The first-order chi connectivity index (χ1) is 10.1. The van der Waals surface area contributed by atoms with Gasteiger partial charge < -0.3 is 15.2 Å². The third-order valence-electron chi connectivity index (χ3n) is 3.07. The fourth-order valence-electron chi connectivity index (χ4n) is 2.12. The molecule has 0 aliphatic rings. The molecule has 0 spiro atoms. The number of rotatable bonds is 6. The van der Waals surface area contributed by atoms with Gasteiger partial charge in [0.05, 0.1) is 7.11 Å². The summed E-state index contributed by atoms with van der Waals surface area (Å²) in [6.07, 6.45) is 0.822. The molecule has 0 heterocycles. The predicted molar refractivity (Wildman–Crippen MR) is 88.8 cm³/mol. The van der Waals surface area contributed by atoms with Gasteiger partial charge in [-0.25, -0.2) is 0 Å². The topological polar surface area (TPSA) is 44.5 Å². The zero-order valence-corrected chi connectivity index (χ0v) is 13.9. The molecular weight excluding hydrogens is 330 g/mol. The third kappa shape index (κ3) is 4.76. The first kappa shape index (κ1) is 15.9. The van der Waals surface area contributed by atoms with E-state index in [1.165, 1.54) is 0 Å². The first-order valence-corrected chi connectivity index (χ1v) is 7.67. The van der Waals surface area contributed by atoms with Crippen LogP contribution in [-0.2, 0) is 13.0 Å². The molecule has 0 fully saturated rings. The van der Waals surface area contributed by atoms with Gasteiger partial charge in [0.2, 0.25) is 0 Å². The van der Waals surface area contributed by atoms with Gasteiger partial charge in [-0.2, -0.15) is 0 Å². The fraction of sp³-hybridized carbons (Fsp3) is 0.294. The van der Waals surface area contributed by atoms with Crippen LogP contribution in [0, 0.1) is 0 Å².